The molecule has 0 saturated carbocycles. The predicted molar refractivity (Wildman–Crippen MR) is 70.0 cm³/mol. The number of piperidine rings is 1. The summed E-state index contributed by atoms with van der Waals surface area (Å²) in [6.07, 6.45) is 5.07. The molecule has 0 radical (unpaired) electrons. The van der Waals surface area contributed by atoms with Crippen molar-refractivity contribution in [3.8, 4) is 0 Å². The lowest BCUT2D eigenvalue weighted by Gasteiger charge is -2.38. The lowest BCUT2D eigenvalue weighted by atomic mass is 9.93. The number of hydrogen-bond acceptors (Lipinski definition) is 4. The van der Waals surface area contributed by atoms with E-state index in [2.05, 4.69) is 34.8 Å². The molecule has 4 nitrogen and oxygen atoms in total. The summed E-state index contributed by atoms with van der Waals surface area (Å²) < 4.78 is 0. The molecule has 17 heavy (non-hydrogen) atoms. The molecule has 1 fully saturated rings. The number of aromatic nitrogens is 2. The molecule has 1 aromatic rings. The van der Waals surface area contributed by atoms with E-state index >= 15 is 0 Å². The second kappa shape index (κ2) is 5.45. The van der Waals surface area contributed by atoms with Crippen molar-refractivity contribution >= 4 is 5.82 Å². The normalized spacial score (nSPS) is 25.0. The van der Waals surface area contributed by atoms with Crippen LogP contribution in [0.3, 0.4) is 0 Å². The lowest BCUT2D eigenvalue weighted by molar-refractivity contribution is 0.371. The Morgan fingerprint density at radius 3 is 2.94 bits per heavy atom. The van der Waals surface area contributed by atoms with E-state index in [1.54, 1.807) is 6.33 Å². The molecule has 0 spiro atoms. The quantitative estimate of drug-likeness (QED) is 0.863. The largest absolute Gasteiger partial charge is 0.353 e. The van der Waals surface area contributed by atoms with Crippen LogP contribution < -0.4 is 10.6 Å². The minimum absolute atomic E-state index is 0.553. The topological polar surface area (TPSA) is 55.0 Å². The molecule has 2 atom stereocenters. The number of aryl methyl sites for hydroxylation is 1. The van der Waals surface area contributed by atoms with E-state index < -0.39 is 0 Å². The van der Waals surface area contributed by atoms with Crippen molar-refractivity contribution in [2.75, 3.05) is 18.0 Å². The van der Waals surface area contributed by atoms with Gasteiger partial charge in [-0.1, -0.05) is 6.92 Å². The number of nitrogens with two attached hydrogens (primary N) is 1. The summed E-state index contributed by atoms with van der Waals surface area (Å²) >= 11 is 0. The molecule has 1 saturated heterocycles. The summed E-state index contributed by atoms with van der Waals surface area (Å²) in [7, 11) is 0. The van der Waals surface area contributed by atoms with E-state index in [1.165, 1.54) is 12.8 Å². The molecule has 2 heterocycles. The van der Waals surface area contributed by atoms with Crippen LogP contribution in [0.1, 0.15) is 32.4 Å². The minimum Gasteiger partial charge on any atom is -0.353 e. The van der Waals surface area contributed by atoms with E-state index in [0.717, 1.165) is 31.0 Å². The van der Waals surface area contributed by atoms with Crippen molar-refractivity contribution in [3.63, 3.8) is 0 Å². The van der Waals surface area contributed by atoms with Gasteiger partial charge in [0.2, 0.25) is 0 Å². The zero-order chi connectivity index (χ0) is 12.3. The highest BCUT2D eigenvalue weighted by Gasteiger charge is 2.25. The molecule has 1 aromatic heterocycles. The van der Waals surface area contributed by atoms with Crippen LogP contribution in [0.5, 0.6) is 0 Å². The molecule has 0 bridgehead atoms. The fourth-order valence-electron chi connectivity index (χ4n) is 2.43. The summed E-state index contributed by atoms with van der Waals surface area (Å²) in [6.45, 7) is 6.18. The number of rotatable bonds is 3. The van der Waals surface area contributed by atoms with Gasteiger partial charge in [0.05, 0.1) is 0 Å². The Bertz CT molecular complexity index is 366. The van der Waals surface area contributed by atoms with E-state index in [9.17, 15) is 0 Å². The third-order valence-corrected chi connectivity index (χ3v) is 3.68. The Morgan fingerprint density at radius 2 is 2.24 bits per heavy atom. The van der Waals surface area contributed by atoms with E-state index in [1.807, 2.05) is 0 Å². The molecule has 94 valence electrons. The molecule has 4 heteroatoms. The molecule has 1 aliphatic rings. The van der Waals surface area contributed by atoms with Crippen LogP contribution in [0.25, 0.3) is 0 Å². The zero-order valence-electron chi connectivity index (χ0n) is 10.8. The fourth-order valence-corrected chi connectivity index (χ4v) is 2.43. The average Bonchev–Trinajstić information content (AvgIpc) is 2.39. The van der Waals surface area contributed by atoms with Crippen molar-refractivity contribution in [2.24, 2.45) is 11.7 Å². The molecule has 0 aliphatic carbocycles. The van der Waals surface area contributed by atoms with Crippen LogP contribution in [-0.2, 0) is 6.42 Å². The fraction of sp³-hybridized carbons (Fsp3) is 0.692. The van der Waals surface area contributed by atoms with Gasteiger partial charge in [-0.2, -0.15) is 0 Å². The van der Waals surface area contributed by atoms with Crippen LogP contribution in [0, 0.1) is 5.92 Å². The minimum atomic E-state index is 0.553. The highest BCUT2D eigenvalue weighted by Crippen LogP contribution is 2.25. The maximum atomic E-state index is 5.79. The third kappa shape index (κ3) is 2.75. The lowest BCUT2D eigenvalue weighted by Crippen LogP contribution is -2.44. The first-order valence-corrected chi connectivity index (χ1v) is 6.52. The molecule has 2 N–H and O–H groups in total. The van der Waals surface area contributed by atoms with Gasteiger partial charge >= 0.3 is 0 Å². The maximum Gasteiger partial charge on any atom is 0.132 e. The van der Waals surface area contributed by atoms with Crippen molar-refractivity contribution < 1.29 is 0 Å². The maximum absolute atomic E-state index is 5.79. The molecule has 1 aliphatic heterocycles. The monoisotopic (exact) mass is 234 g/mol. The zero-order valence-corrected chi connectivity index (χ0v) is 10.8. The Morgan fingerprint density at radius 1 is 1.41 bits per heavy atom. The van der Waals surface area contributed by atoms with Gasteiger partial charge in [0.1, 0.15) is 12.1 Å². The summed E-state index contributed by atoms with van der Waals surface area (Å²) in [5.41, 5.74) is 6.89. The van der Waals surface area contributed by atoms with E-state index in [-0.39, 0.29) is 0 Å². The van der Waals surface area contributed by atoms with Crippen LogP contribution in [-0.4, -0.2) is 29.1 Å². The van der Waals surface area contributed by atoms with Crippen LogP contribution in [0.15, 0.2) is 12.4 Å². The smallest absolute Gasteiger partial charge is 0.132 e. The van der Waals surface area contributed by atoms with Crippen LogP contribution in [0.2, 0.25) is 0 Å². The van der Waals surface area contributed by atoms with Gasteiger partial charge in [-0.15, -0.1) is 0 Å². The standard InChI is InChI=1S/C13H22N4/c1-3-12-6-13(16-9-15-12)17-8-11(7-14)5-4-10(17)2/h6,9-11H,3-5,7-8,14H2,1-2H3. The second-order valence-corrected chi connectivity index (χ2v) is 4.90. The van der Waals surface area contributed by atoms with Gasteiger partial charge in [0.15, 0.2) is 0 Å². The Balaban J connectivity index is 2.18. The number of hydrogen-bond donors (Lipinski definition) is 1. The first-order valence-electron chi connectivity index (χ1n) is 6.52. The molecular weight excluding hydrogens is 212 g/mol. The predicted octanol–water partition coefficient (Wildman–Crippen LogP) is 1.60. The van der Waals surface area contributed by atoms with Crippen LogP contribution >= 0.6 is 0 Å². The van der Waals surface area contributed by atoms with Gasteiger partial charge < -0.3 is 10.6 Å². The highest BCUT2D eigenvalue weighted by atomic mass is 15.2. The Hall–Kier alpha value is -1.16. The van der Waals surface area contributed by atoms with Crippen molar-refractivity contribution in [2.45, 2.75) is 39.2 Å². The van der Waals surface area contributed by atoms with Crippen molar-refractivity contribution in [1.82, 2.24) is 9.97 Å². The third-order valence-electron chi connectivity index (χ3n) is 3.68. The molecular formula is C13H22N4. The van der Waals surface area contributed by atoms with E-state index in [4.69, 9.17) is 5.73 Å². The Labute approximate surface area is 103 Å². The summed E-state index contributed by atoms with van der Waals surface area (Å²) in [5.74, 6) is 1.66. The van der Waals surface area contributed by atoms with Gasteiger partial charge in [-0.05, 0) is 38.6 Å². The van der Waals surface area contributed by atoms with Gasteiger partial charge in [-0.25, -0.2) is 9.97 Å². The summed E-state index contributed by atoms with van der Waals surface area (Å²) in [6, 6.07) is 2.66. The van der Waals surface area contributed by atoms with Crippen molar-refractivity contribution in [1.29, 1.82) is 0 Å². The summed E-state index contributed by atoms with van der Waals surface area (Å²) in [4.78, 5) is 11.0. The Kier molecular flexibility index (Phi) is 3.94. The van der Waals surface area contributed by atoms with Gasteiger partial charge in [0.25, 0.3) is 0 Å². The van der Waals surface area contributed by atoms with Gasteiger partial charge in [0, 0.05) is 24.3 Å². The average molecular weight is 234 g/mol. The van der Waals surface area contributed by atoms with E-state index in [0.29, 0.717) is 12.0 Å². The molecule has 2 rings (SSSR count). The molecule has 0 amide bonds. The summed E-state index contributed by atoms with van der Waals surface area (Å²) in [5, 5.41) is 0. The first-order chi connectivity index (χ1) is 8.24. The number of nitrogens with zero attached hydrogens (tertiary/aromatic N) is 3. The highest BCUT2D eigenvalue weighted by molar-refractivity contribution is 5.40. The number of anilines is 1. The van der Waals surface area contributed by atoms with Crippen molar-refractivity contribution in [3.05, 3.63) is 18.1 Å². The SMILES string of the molecule is CCc1cc(N2CC(CN)CCC2C)ncn1. The molecule has 2 unspecified atom stereocenters. The molecule has 0 aromatic carbocycles. The van der Waals surface area contributed by atoms with Crippen LogP contribution in [0.4, 0.5) is 5.82 Å². The second-order valence-electron chi connectivity index (χ2n) is 4.90. The first kappa shape index (κ1) is 12.3. The van der Waals surface area contributed by atoms with Gasteiger partial charge in [-0.3, -0.25) is 0 Å².